The fraction of sp³-hybridized carbons (Fsp3) is 0.737. The van der Waals surface area contributed by atoms with Crippen LogP contribution < -0.4 is 15.2 Å². The molecule has 150 valence electrons. The number of methoxy groups -OCH3 is 1. The summed E-state index contributed by atoms with van der Waals surface area (Å²) >= 11 is 0. The Hall–Kier alpha value is -2.09. The standard InChI is InChI=1S/C19H31N5O3/c1-3-4-12-27-18-22-16(20)15-17(23-18)24(19(21-15)25-2)10-6-5-8-14-9-7-11-26-13-14/h14H,3-13H2,1-2H3,(H2,20,22,23). The summed E-state index contributed by atoms with van der Waals surface area (Å²) in [5.74, 6) is 1.01. The van der Waals surface area contributed by atoms with Crippen LogP contribution >= 0.6 is 0 Å². The lowest BCUT2D eigenvalue weighted by Gasteiger charge is -2.21. The molecule has 8 heteroatoms. The van der Waals surface area contributed by atoms with Crippen LogP contribution in [0.1, 0.15) is 51.9 Å². The number of rotatable bonds is 10. The molecular weight excluding hydrogens is 346 g/mol. The van der Waals surface area contributed by atoms with E-state index in [2.05, 4.69) is 21.9 Å². The largest absolute Gasteiger partial charge is 0.468 e. The second-order valence-electron chi connectivity index (χ2n) is 7.09. The molecule has 2 aromatic heterocycles. The van der Waals surface area contributed by atoms with Gasteiger partial charge in [-0.2, -0.15) is 15.0 Å². The lowest BCUT2D eigenvalue weighted by Crippen LogP contribution is -2.17. The first kappa shape index (κ1) is 19.7. The van der Waals surface area contributed by atoms with Crippen molar-refractivity contribution >= 4 is 17.0 Å². The molecule has 27 heavy (non-hydrogen) atoms. The van der Waals surface area contributed by atoms with Crippen LogP contribution in [-0.2, 0) is 11.3 Å². The van der Waals surface area contributed by atoms with E-state index in [4.69, 9.17) is 19.9 Å². The average molecular weight is 377 g/mol. The number of aromatic nitrogens is 4. The van der Waals surface area contributed by atoms with Crippen LogP contribution in [0.3, 0.4) is 0 Å². The second-order valence-corrected chi connectivity index (χ2v) is 7.09. The molecule has 1 fully saturated rings. The summed E-state index contributed by atoms with van der Waals surface area (Å²) in [5.41, 5.74) is 7.31. The number of hydrogen-bond acceptors (Lipinski definition) is 7. The highest BCUT2D eigenvalue weighted by atomic mass is 16.5. The Morgan fingerprint density at radius 3 is 2.85 bits per heavy atom. The van der Waals surface area contributed by atoms with E-state index in [-0.39, 0.29) is 0 Å². The molecular formula is C19H31N5O3. The van der Waals surface area contributed by atoms with Crippen molar-refractivity contribution in [3.8, 4) is 12.0 Å². The van der Waals surface area contributed by atoms with Crippen molar-refractivity contribution in [3.63, 3.8) is 0 Å². The fourth-order valence-electron chi connectivity index (χ4n) is 3.45. The van der Waals surface area contributed by atoms with Crippen molar-refractivity contribution in [1.29, 1.82) is 0 Å². The molecule has 1 saturated heterocycles. The summed E-state index contributed by atoms with van der Waals surface area (Å²) in [5, 5.41) is 0. The molecule has 1 unspecified atom stereocenters. The number of aryl methyl sites for hydroxylation is 1. The maximum atomic E-state index is 6.07. The molecule has 1 aliphatic rings. The molecule has 0 saturated carbocycles. The highest BCUT2D eigenvalue weighted by Crippen LogP contribution is 2.26. The van der Waals surface area contributed by atoms with Gasteiger partial charge in [-0.1, -0.05) is 19.8 Å². The smallest absolute Gasteiger partial charge is 0.320 e. The minimum absolute atomic E-state index is 0.302. The van der Waals surface area contributed by atoms with Gasteiger partial charge < -0.3 is 19.9 Å². The van der Waals surface area contributed by atoms with Gasteiger partial charge in [0.1, 0.15) is 0 Å². The van der Waals surface area contributed by atoms with E-state index in [0.29, 0.717) is 41.5 Å². The Morgan fingerprint density at radius 2 is 2.11 bits per heavy atom. The Labute approximate surface area is 160 Å². The van der Waals surface area contributed by atoms with E-state index in [9.17, 15) is 0 Å². The molecule has 1 aliphatic heterocycles. The van der Waals surface area contributed by atoms with E-state index >= 15 is 0 Å². The van der Waals surface area contributed by atoms with Gasteiger partial charge >= 0.3 is 6.01 Å². The Balaban J connectivity index is 1.68. The van der Waals surface area contributed by atoms with Crippen LogP contribution in [-0.4, -0.2) is 46.4 Å². The zero-order valence-corrected chi connectivity index (χ0v) is 16.4. The van der Waals surface area contributed by atoms with Crippen molar-refractivity contribution in [3.05, 3.63) is 0 Å². The molecule has 3 heterocycles. The quantitative estimate of drug-likeness (QED) is 0.635. The Morgan fingerprint density at radius 1 is 1.22 bits per heavy atom. The molecule has 2 N–H and O–H groups in total. The van der Waals surface area contributed by atoms with E-state index < -0.39 is 0 Å². The van der Waals surface area contributed by atoms with Gasteiger partial charge in [-0.15, -0.1) is 0 Å². The van der Waals surface area contributed by atoms with Crippen LogP contribution in [0.25, 0.3) is 11.2 Å². The zero-order chi connectivity index (χ0) is 19.1. The highest BCUT2D eigenvalue weighted by molar-refractivity contribution is 5.83. The van der Waals surface area contributed by atoms with Crippen molar-refractivity contribution in [2.75, 3.05) is 32.7 Å². The number of hydrogen-bond donors (Lipinski definition) is 1. The number of unbranched alkanes of at least 4 members (excludes halogenated alkanes) is 2. The molecule has 8 nitrogen and oxygen atoms in total. The lowest BCUT2D eigenvalue weighted by atomic mass is 9.96. The molecule has 0 radical (unpaired) electrons. The fourth-order valence-corrected chi connectivity index (χ4v) is 3.45. The monoisotopic (exact) mass is 377 g/mol. The van der Waals surface area contributed by atoms with Gasteiger partial charge in [0.15, 0.2) is 17.0 Å². The Kier molecular flexibility index (Phi) is 7.09. The molecule has 0 spiro atoms. The van der Waals surface area contributed by atoms with Crippen LogP contribution in [0, 0.1) is 5.92 Å². The molecule has 0 aliphatic carbocycles. The van der Waals surface area contributed by atoms with Crippen molar-refractivity contribution < 1.29 is 14.2 Å². The number of anilines is 1. The van der Waals surface area contributed by atoms with Crippen molar-refractivity contribution in [2.45, 2.75) is 58.4 Å². The average Bonchev–Trinajstić information content (AvgIpc) is 3.04. The van der Waals surface area contributed by atoms with Gasteiger partial charge in [-0.25, -0.2) is 0 Å². The van der Waals surface area contributed by atoms with Crippen LogP contribution in [0.5, 0.6) is 12.0 Å². The maximum Gasteiger partial charge on any atom is 0.320 e. The summed E-state index contributed by atoms with van der Waals surface area (Å²) in [6, 6.07) is 0.814. The molecule has 1 atom stereocenters. The van der Waals surface area contributed by atoms with E-state index in [0.717, 1.165) is 45.4 Å². The molecule has 2 aromatic rings. The molecule has 0 bridgehead atoms. The summed E-state index contributed by atoms with van der Waals surface area (Å²) in [6.07, 6.45) is 7.81. The summed E-state index contributed by atoms with van der Waals surface area (Å²) in [7, 11) is 1.61. The van der Waals surface area contributed by atoms with Gasteiger partial charge in [0.25, 0.3) is 6.01 Å². The third-order valence-corrected chi connectivity index (χ3v) is 4.98. The van der Waals surface area contributed by atoms with E-state index in [1.54, 1.807) is 7.11 Å². The van der Waals surface area contributed by atoms with Gasteiger partial charge in [0.05, 0.1) is 13.7 Å². The van der Waals surface area contributed by atoms with Gasteiger partial charge in [-0.05, 0) is 38.0 Å². The zero-order valence-electron chi connectivity index (χ0n) is 16.4. The topological polar surface area (TPSA) is 97.3 Å². The van der Waals surface area contributed by atoms with E-state index in [1.165, 1.54) is 19.3 Å². The first-order chi connectivity index (χ1) is 13.2. The molecule has 0 amide bonds. The van der Waals surface area contributed by atoms with Crippen LogP contribution in [0.4, 0.5) is 5.82 Å². The van der Waals surface area contributed by atoms with Crippen molar-refractivity contribution in [2.24, 2.45) is 5.92 Å². The van der Waals surface area contributed by atoms with E-state index in [1.807, 2.05) is 4.57 Å². The van der Waals surface area contributed by atoms with Crippen molar-refractivity contribution in [1.82, 2.24) is 19.5 Å². The molecule has 0 aromatic carbocycles. The van der Waals surface area contributed by atoms with Gasteiger partial charge in [0, 0.05) is 19.8 Å². The normalized spacial score (nSPS) is 17.3. The maximum absolute atomic E-state index is 6.07. The number of nitrogen functional groups attached to an aromatic ring is 1. The van der Waals surface area contributed by atoms with Crippen LogP contribution in [0.2, 0.25) is 0 Å². The first-order valence-electron chi connectivity index (χ1n) is 10.0. The minimum atomic E-state index is 0.302. The third kappa shape index (κ3) is 5.00. The second kappa shape index (κ2) is 9.73. The lowest BCUT2D eigenvalue weighted by molar-refractivity contribution is 0.0506. The Bertz CT molecular complexity index is 728. The van der Waals surface area contributed by atoms with Gasteiger partial charge in [0.2, 0.25) is 0 Å². The summed E-state index contributed by atoms with van der Waals surface area (Å²) in [4.78, 5) is 13.2. The number of nitrogens with two attached hydrogens (primary N) is 1. The predicted molar refractivity (Wildman–Crippen MR) is 104 cm³/mol. The summed E-state index contributed by atoms with van der Waals surface area (Å²) < 4.78 is 18.6. The number of nitrogens with zero attached hydrogens (tertiary/aromatic N) is 4. The first-order valence-corrected chi connectivity index (χ1v) is 10.0. The number of imidazole rings is 1. The SMILES string of the molecule is CCCCOc1nc(N)c2nc(OC)n(CCCCC3CCCOC3)c2n1. The minimum Gasteiger partial charge on any atom is -0.468 e. The number of ether oxygens (including phenoxy) is 3. The predicted octanol–water partition coefficient (Wildman–Crippen LogP) is 3.19. The highest BCUT2D eigenvalue weighted by Gasteiger charge is 2.18. The van der Waals surface area contributed by atoms with Gasteiger partial charge in [-0.3, -0.25) is 4.57 Å². The summed E-state index contributed by atoms with van der Waals surface area (Å²) in [6.45, 7) is 5.29. The van der Waals surface area contributed by atoms with Crippen LogP contribution in [0.15, 0.2) is 0 Å². The molecule has 3 rings (SSSR count). The third-order valence-electron chi connectivity index (χ3n) is 4.98. The number of fused-ring (bicyclic) bond motifs is 1.